The summed E-state index contributed by atoms with van der Waals surface area (Å²) in [7, 11) is -3.43. The fourth-order valence-electron chi connectivity index (χ4n) is 5.35. The van der Waals surface area contributed by atoms with E-state index in [2.05, 4.69) is 39.8 Å². The second-order valence-corrected chi connectivity index (χ2v) is 12.4. The molecule has 1 aromatic carbocycles. The van der Waals surface area contributed by atoms with Gasteiger partial charge in [-0.15, -0.1) is 11.3 Å². The van der Waals surface area contributed by atoms with Crippen LogP contribution in [-0.4, -0.2) is 25.3 Å². The van der Waals surface area contributed by atoms with Gasteiger partial charge in [0.2, 0.25) is 0 Å². The van der Waals surface area contributed by atoms with E-state index in [-0.39, 0.29) is 16.9 Å². The van der Waals surface area contributed by atoms with Crippen molar-refractivity contribution >= 4 is 31.4 Å². The van der Waals surface area contributed by atoms with Crippen LogP contribution in [0.25, 0.3) is 10.1 Å². The minimum absolute atomic E-state index is 0.112. The zero-order chi connectivity index (χ0) is 18.2. The average Bonchev–Trinajstić information content (AvgIpc) is 2.93. The maximum atomic E-state index is 13.5. The van der Waals surface area contributed by atoms with Gasteiger partial charge < -0.3 is 0 Å². The largest absolute Gasteiger partial charge is 0.253 e. The van der Waals surface area contributed by atoms with E-state index in [9.17, 15) is 8.42 Å². The van der Waals surface area contributed by atoms with Crippen LogP contribution in [0.5, 0.6) is 0 Å². The number of rotatable bonds is 2. The van der Waals surface area contributed by atoms with Gasteiger partial charge in [0.15, 0.2) is 0 Å². The zero-order valence-electron chi connectivity index (χ0n) is 15.7. The van der Waals surface area contributed by atoms with Crippen molar-refractivity contribution in [2.75, 3.05) is 6.54 Å². The topological polar surface area (TPSA) is 37.4 Å². The lowest BCUT2D eigenvalue weighted by molar-refractivity contribution is 0.133. The SMILES string of the molecule is Cc1ccc2sc(S(=O)(=O)N3CC4(C)CC3CC(C)(C)C4)c(C)c2c1. The van der Waals surface area contributed by atoms with Crippen LogP contribution in [0.2, 0.25) is 0 Å². The average molecular weight is 378 g/mol. The van der Waals surface area contributed by atoms with E-state index in [1.165, 1.54) is 16.9 Å². The molecule has 2 aromatic rings. The van der Waals surface area contributed by atoms with Crippen molar-refractivity contribution < 1.29 is 8.42 Å². The van der Waals surface area contributed by atoms with Crippen molar-refractivity contribution in [3.05, 3.63) is 29.3 Å². The van der Waals surface area contributed by atoms with Gasteiger partial charge in [0.1, 0.15) is 4.21 Å². The number of benzene rings is 1. The third-order valence-corrected chi connectivity index (χ3v) is 9.73. The van der Waals surface area contributed by atoms with Crippen LogP contribution in [0.3, 0.4) is 0 Å². The lowest BCUT2D eigenvalue weighted by Gasteiger charge is -2.39. The first-order valence-electron chi connectivity index (χ1n) is 9.03. The Bertz CT molecular complexity index is 957. The number of hydrogen-bond donors (Lipinski definition) is 0. The molecule has 25 heavy (non-hydrogen) atoms. The standard InChI is InChI=1S/C20H27NO2S2/c1-13-6-7-17-16(8-13)14(2)18(24-17)25(22,23)21-12-20(5)10-15(21)9-19(3,4)11-20/h6-8,15H,9-12H2,1-5H3. The molecular formula is C20H27NO2S2. The first-order valence-corrected chi connectivity index (χ1v) is 11.3. The Morgan fingerprint density at radius 3 is 2.60 bits per heavy atom. The maximum Gasteiger partial charge on any atom is 0.253 e. The molecule has 0 N–H and O–H groups in total. The van der Waals surface area contributed by atoms with Crippen molar-refractivity contribution in [2.45, 2.75) is 64.1 Å². The lowest BCUT2D eigenvalue weighted by Crippen LogP contribution is -2.37. The van der Waals surface area contributed by atoms with Crippen molar-refractivity contribution in [1.82, 2.24) is 4.31 Å². The summed E-state index contributed by atoms with van der Waals surface area (Å²) in [6.07, 6.45) is 3.07. The number of hydrogen-bond acceptors (Lipinski definition) is 3. The highest BCUT2D eigenvalue weighted by molar-refractivity contribution is 7.91. The molecule has 3 nitrogen and oxygen atoms in total. The molecule has 1 saturated carbocycles. The summed E-state index contributed by atoms with van der Waals surface area (Å²) < 4.78 is 30.5. The zero-order valence-corrected chi connectivity index (χ0v) is 17.4. The summed E-state index contributed by atoms with van der Waals surface area (Å²) in [5, 5.41) is 1.08. The van der Waals surface area contributed by atoms with E-state index in [0.29, 0.717) is 10.8 Å². The molecule has 1 aliphatic heterocycles. The van der Waals surface area contributed by atoms with Crippen LogP contribution in [0.4, 0.5) is 0 Å². The Balaban J connectivity index is 1.80. The Morgan fingerprint density at radius 1 is 1.16 bits per heavy atom. The van der Waals surface area contributed by atoms with Crippen molar-refractivity contribution in [2.24, 2.45) is 10.8 Å². The third-order valence-electron chi connectivity index (χ3n) is 5.96. The summed E-state index contributed by atoms with van der Waals surface area (Å²) in [5.41, 5.74) is 2.41. The van der Waals surface area contributed by atoms with E-state index >= 15 is 0 Å². The number of nitrogens with zero attached hydrogens (tertiary/aromatic N) is 1. The van der Waals surface area contributed by atoms with E-state index in [1.807, 2.05) is 17.3 Å². The molecule has 2 unspecified atom stereocenters. The third kappa shape index (κ3) is 2.75. The van der Waals surface area contributed by atoms with Crippen LogP contribution in [-0.2, 0) is 10.0 Å². The Kier molecular flexibility index (Phi) is 3.71. The van der Waals surface area contributed by atoms with Gasteiger partial charge in [0.25, 0.3) is 10.0 Å². The predicted molar refractivity (Wildman–Crippen MR) is 105 cm³/mol. The van der Waals surface area contributed by atoms with Crippen molar-refractivity contribution in [3.63, 3.8) is 0 Å². The molecular weight excluding hydrogens is 350 g/mol. The fourth-order valence-corrected chi connectivity index (χ4v) is 8.99. The molecule has 0 spiro atoms. The summed E-state index contributed by atoms with van der Waals surface area (Å²) in [5.74, 6) is 0. The fraction of sp³-hybridized carbons (Fsp3) is 0.600. The summed E-state index contributed by atoms with van der Waals surface area (Å²) in [6.45, 7) is 11.5. The molecule has 1 aliphatic carbocycles. The van der Waals surface area contributed by atoms with E-state index in [1.54, 1.807) is 0 Å². The van der Waals surface area contributed by atoms with Gasteiger partial charge in [-0.25, -0.2) is 8.42 Å². The predicted octanol–water partition coefficient (Wildman–Crippen LogP) is 5.11. The van der Waals surface area contributed by atoms with E-state index in [0.717, 1.165) is 34.9 Å². The van der Waals surface area contributed by atoms with Crippen molar-refractivity contribution in [3.8, 4) is 0 Å². The second-order valence-electron chi connectivity index (χ2n) is 9.28. The lowest BCUT2D eigenvalue weighted by atomic mass is 9.65. The molecule has 5 heteroatoms. The Hall–Kier alpha value is -0.910. The molecule has 4 rings (SSSR count). The number of fused-ring (bicyclic) bond motifs is 3. The summed E-state index contributed by atoms with van der Waals surface area (Å²) in [6, 6.07) is 6.35. The number of sulfonamides is 1. The quantitative estimate of drug-likeness (QED) is 0.729. The summed E-state index contributed by atoms with van der Waals surface area (Å²) >= 11 is 1.43. The highest BCUT2D eigenvalue weighted by Gasteiger charge is 2.53. The van der Waals surface area contributed by atoms with Gasteiger partial charge in [-0.2, -0.15) is 4.31 Å². The highest BCUT2D eigenvalue weighted by atomic mass is 32.2. The second kappa shape index (κ2) is 5.30. The van der Waals surface area contributed by atoms with Gasteiger partial charge in [-0.1, -0.05) is 38.5 Å². The Labute approximate surface area is 155 Å². The van der Waals surface area contributed by atoms with Crippen LogP contribution in [0.15, 0.2) is 22.4 Å². The number of thiophene rings is 1. The normalized spacial score (nSPS) is 29.4. The molecule has 1 saturated heterocycles. The minimum atomic E-state index is -3.43. The van der Waals surface area contributed by atoms with Gasteiger partial charge in [0.05, 0.1) is 0 Å². The summed E-state index contributed by atoms with van der Waals surface area (Å²) in [4.78, 5) is 0. The number of aryl methyl sites for hydroxylation is 2. The van der Waals surface area contributed by atoms with Gasteiger partial charge in [0, 0.05) is 17.3 Å². The molecule has 2 atom stereocenters. The van der Waals surface area contributed by atoms with Crippen LogP contribution in [0, 0.1) is 24.7 Å². The molecule has 2 bridgehead atoms. The monoisotopic (exact) mass is 377 g/mol. The maximum absolute atomic E-state index is 13.5. The van der Waals surface area contributed by atoms with Crippen LogP contribution < -0.4 is 0 Å². The molecule has 0 amide bonds. The molecule has 0 radical (unpaired) electrons. The molecule has 2 heterocycles. The smallest absolute Gasteiger partial charge is 0.206 e. The molecule has 136 valence electrons. The van der Waals surface area contributed by atoms with E-state index < -0.39 is 10.0 Å². The van der Waals surface area contributed by atoms with Gasteiger partial charge in [-0.05, 0) is 61.0 Å². The first kappa shape index (κ1) is 17.5. The molecule has 2 fully saturated rings. The first-order chi connectivity index (χ1) is 11.5. The van der Waals surface area contributed by atoms with E-state index in [4.69, 9.17) is 0 Å². The van der Waals surface area contributed by atoms with Gasteiger partial charge >= 0.3 is 0 Å². The Morgan fingerprint density at radius 2 is 1.88 bits per heavy atom. The van der Waals surface area contributed by atoms with Gasteiger partial charge in [-0.3, -0.25) is 0 Å². The minimum Gasteiger partial charge on any atom is -0.206 e. The van der Waals surface area contributed by atoms with Crippen LogP contribution >= 0.6 is 11.3 Å². The molecule has 1 aromatic heterocycles. The highest BCUT2D eigenvalue weighted by Crippen LogP contribution is 2.54. The molecule has 2 aliphatic rings. The van der Waals surface area contributed by atoms with Crippen molar-refractivity contribution in [1.29, 1.82) is 0 Å². The van der Waals surface area contributed by atoms with Crippen LogP contribution in [0.1, 0.15) is 51.2 Å².